The Balaban J connectivity index is 2.32. The predicted octanol–water partition coefficient (Wildman–Crippen LogP) is 4.75. The summed E-state index contributed by atoms with van der Waals surface area (Å²) in [6.07, 6.45) is 0. The number of hydrogen-bond acceptors (Lipinski definition) is 2. The zero-order valence-electron chi connectivity index (χ0n) is 11.1. The maximum absolute atomic E-state index is 6.10. The van der Waals surface area contributed by atoms with Crippen molar-refractivity contribution in [2.45, 2.75) is 0 Å². The largest absolute Gasteiger partial charge is 0.496 e. The average molecular weight is 284 g/mol. The van der Waals surface area contributed by atoms with Crippen LogP contribution >= 0.6 is 11.6 Å². The second-order valence-electron chi connectivity index (χ2n) is 4.59. The molecule has 0 saturated carbocycles. The minimum absolute atomic E-state index is 0.643. The number of hydrogen-bond donors (Lipinski definition) is 1. The Labute approximate surface area is 122 Å². The highest BCUT2D eigenvalue weighted by Gasteiger charge is 2.10. The number of benzene rings is 3. The molecule has 0 aliphatic rings. The summed E-state index contributed by atoms with van der Waals surface area (Å²) >= 11 is 5.97. The molecule has 3 aromatic carbocycles. The third kappa shape index (κ3) is 2.08. The predicted molar refractivity (Wildman–Crippen MR) is 85.4 cm³/mol. The van der Waals surface area contributed by atoms with Crippen molar-refractivity contribution in [3.63, 3.8) is 0 Å². The van der Waals surface area contributed by atoms with E-state index in [0.717, 1.165) is 27.6 Å². The molecule has 100 valence electrons. The topological polar surface area (TPSA) is 35.2 Å². The molecule has 3 rings (SSSR count). The van der Waals surface area contributed by atoms with Crippen molar-refractivity contribution in [1.29, 1.82) is 0 Å². The van der Waals surface area contributed by atoms with Gasteiger partial charge in [0.15, 0.2) is 0 Å². The fourth-order valence-electron chi connectivity index (χ4n) is 2.46. The average Bonchev–Trinajstić information content (AvgIpc) is 2.47. The molecule has 2 nitrogen and oxygen atoms in total. The fourth-order valence-corrected chi connectivity index (χ4v) is 2.64. The number of halogens is 1. The molecule has 0 heterocycles. The van der Waals surface area contributed by atoms with Crippen LogP contribution in [0.2, 0.25) is 5.02 Å². The lowest BCUT2D eigenvalue weighted by atomic mass is 9.96. The van der Waals surface area contributed by atoms with Crippen molar-refractivity contribution in [2.24, 2.45) is 0 Å². The maximum atomic E-state index is 6.10. The Kier molecular flexibility index (Phi) is 3.25. The van der Waals surface area contributed by atoms with Crippen LogP contribution in [0.5, 0.6) is 5.75 Å². The van der Waals surface area contributed by atoms with Gasteiger partial charge in [-0.2, -0.15) is 0 Å². The van der Waals surface area contributed by atoms with E-state index in [1.54, 1.807) is 13.2 Å². The molecule has 0 radical (unpaired) electrons. The van der Waals surface area contributed by atoms with Gasteiger partial charge in [-0.1, -0.05) is 41.9 Å². The number of rotatable bonds is 2. The first-order chi connectivity index (χ1) is 9.70. The maximum Gasteiger partial charge on any atom is 0.126 e. The Bertz CT molecular complexity index is 783. The van der Waals surface area contributed by atoms with E-state index in [4.69, 9.17) is 22.1 Å². The van der Waals surface area contributed by atoms with Crippen LogP contribution in [-0.2, 0) is 0 Å². The highest BCUT2D eigenvalue weighted by molar-refractivity contribution is 6.31. The van der Waals surface area contributed by atoms with Crippen LogP contribution in [0.25, 0.3) is 21.9 Å². The molecule has 0 saturated heterocycles. The van der Waals surface area contributed by atoms with E-state index in [-0.39, 0.29) is 0 Å². The van der Waals surface area contributed by atoms with Gasteiger partial charge in [-0.05, 0) is 35.2 Å². The van der Waals surface area contributed by atoms with E-state index in [9.17, 15) is 0 Å². The lowest BCUT2D eigenvalue weighted by Crippen LogP contribution is -1.92. The highest BCUT2D eigenvalue weighted by atomic mass is 35.5. The van der Waals surface area contributed by atoms with Crippen LogP contribution in [0.1, 0.15) is 0 Å². The summed E-state index contributed by atoms with van der Waals surface area (Å²) in [7, 11) is 1.68. The Morgan fingerprint density at radius 3 is 2.30 bits per heavy atom. The standard InChI is InChI=1S/C17H14ClNO/c1-20-17-9-8-13(12-4-2-3-5-15(12)17)14-7-6-11(18)10-16(14)19/h2-10H,19H2,1H3. The molecule has 0 spiro atoms. The minimum atomic E-state index is 0.643. The second-order valence-corrected chi connectivity index (χ2v) is 5.03. The van der Waals surface area contributed by atoms with Crippen LogP contribution in [0.4, 0.5) is 5.69 Å². The summed E-state index contributed by atoms with van der Waals surface area (Å²) in [5.74, 6) is 0.858. The van der Waals surface area contributed by atoms with Crippen molar-refractivity contribution in [3.8, 4) is 16.9 Å². The molecule has 3 aromatic rings. The summed E-state index contributed by atoms with van der Waals surface area (Å²) in [6.45, 7) is 0. The van der Waals surface area contributed by atoms with Gasteiger partial charge in [-0.25, -0.2) is 0 Å². The second kappa shape index (κ2) is 5.06. The molecule has 20 heavy (non-hydrogen) atoms. The SMILES string of the molecule is COc1ccc(-c2ccc(Cl)cc2N)c2ccccc12. The zero-order valence-corrected chi connectivity index (χ0v) is 11.8. The third-order valence-corrected chi connectivity index (χ3v) is 3.64. The Morgan fingerprint density at radius 2 is 1.60 bits per heavy atom. The van der Waals surface area contributed by atoms with Gasteiger partial charge in [-0.3, -0.25) is 0 Å². The van der Waals surface area contributed by atoms with Gasteiger partial charge >= 0.3 is 0 Å². The van der Waals surface area contributed by atoms with Gasteiger partial charge in [-0.15, -0.1) is 0 Å². The first-order valence-electron chi connectivity index (χ1n) is 6.32. The highest BCUT2D eigenvalue weighted by Crippen LogP contribution is 2.37. The summed E-state index contributed by atoms with van der Waals surface area (Å²) in [6, 6.07) is 17.7. The molecule has 0 aliphatic carbocycles. The first-order valence-corrected chi connectivity index (χ1v) is 6.69. The lowest BCUT2D eigenvalue weighted by Gasteiger charge is -2.12. The molecule has 0 bridgehead atoms. The van der Waals surface area contributed by atoms with Crippen molar-refractivity contribution < 1.29 is 4.74 Å². The zero-order chi connectivity index (χ0) is 14.1. The first kappa shape index (κ1) is 12.8. The molecular weight excluding hydrogens is 270 g/mol. The molecule has 0 fully saturated rings. The van der Waals surface area contributed by atoms with E-state index in [0.29, 0.717) is 10.7 Å². The van der Waals surface area contributed by atoms with Crippen molar-refractivity contribution in [2.75, 3.05) is 12.8 Å². The number of anilines is 1. The van der Waals surface area contributed by atoms with Gasteiger partial charge in [0, 0.05) is 21.7 Å². The Morgan fingerprint density at radius 1 is 0.900 bits per heavy atom. The van der Waals surface area contributed by atoms with E-state index in [1.807, 2.05) is 42.5 Å². The van der Waals surface area contributed by atoms with Crippen molar-refractivity contribution >= 4 is 28.1 Å². The summed E-state index contributed by atoms with van der Waals surface area (Å²) in [5.41, 5.74) is 8.83. The minimum Gasteiger partial charge on any atom is -0.496 e. The van der Waals surface area contributed by atoms with Gasteiger partial charge in [0.1, 0.15) is 5.75 Å². The smallest absolute Gasteiger partial charge is 0.126 e. The van der Waals surface area contributed by atoms with Gasteiger partial charge in [0.25, 0.3) is 0 Å². The van der Waals surface area contributed by atoms with Crippen LogP contribution in [0.3, 0.4) is 0 Å². The van der Waals surface area contributed by atoms with Crippen molar-refractivity contribution in [3.05, 3.63) is 59.6 Å². The molecule has 0 amide bonds. The van der Waals surface area contributed by atoms with Crippen LogP contribution in [-0.4, -0.2) is 7.11 Å². The molecule has 0 atom stereocenters. The monoisotopic (exact) mass is 283 g/mol. The van der Waals surface area contributed by atoms with E-state index >= 15 is 0 Å². The van der Waals surface area contributed by atoms with Gasteiger partial charge < -0.3 is 10.5 Å². The molecule has 0 aliphatic heterocycles. The normalized spacial score (nSPS) is 10.7. The van der Waals surface area contributed by atoms with E-state index in [1.165, 1.54) is 0 Å². The summed E-state index contributed by atoms with van der Waals surface area (Å²) in [4.78, 5) is 0. The molecule has 3 heteroatoms. The van der Waals surface area contributed by atoms with Crippen molar-refractivity contribution in [1.82, 2.24) is 0 Å². The third-order valence-electron chi connectivity index (χ3n) is 3.41. The van der Waals surface area contributed by atoms with E-state index in [2.05, 4.69) is 6.07 Å². The number of methoxy groups -OCH3 is 1. The van der Waals surface area contributed by atoms with Crippen LogP contribution in [0.15, 0.2) is 54.6 Å². The summed E-state index contributed by atoms with van der Waals surface area (Å²) < 4.78 is 5.42. The van der Waals surface area contributed by atoms with Gasteiger partial charge in [0.05, 0.1) is 7.11 Å². The van der Waals surface area contributed by atoms with Crippen LogP contribution in [0, 0.1) is 0 Å². The number of nitrogen functional groups attached to an aromatic ring is 1. The molecule has 0 unspecified atom stereocenters. The van der Waals surface area contributed by atoms with Crippen LogP contribution < -0.4 is 10.5 Å². The number of fused-ring (bicyclic) bond motifs is 1. The fraction of sp³-hybridized carbons (Fsp3) is 0.0588. The Hall–Kier alpha value is -2.19. The summed E-state index contributed by atoms with van der Waals surface area (Å²) in [5, 5.41) is 2.83. The lowest BCUT2D eigenvalue weighted by molar-refractivity contribution is 0.420. The number of nitrogens with two attached hydrogens (primary N) is 1. The molecule has 2 N–H and O–H groups in total. The molecule has 0 aromatic heterocycles. The molecular formula is C17H14ClNO. The van der Waals surface area contributed by atoms with Gasteiger partial charge in [0.2, 0.25) is 0 Å². The van der Waals surface area contributed by atoms with E-state index < -0.39 is 0 Å². The number of ether oxygens (including phenoxy) is 1. The quantitative estimate of drug-likeness (QED) is 0.689.